The minimum absolute atomic E-state index is 0.649. The van der Waals surface area contributed by atoms with E-state index in [0.29, 0.717) is 0 Å². The highest BCUT2D eigenvalue weighted by atomic mass is 28.2. The van der Waals surface area contributed by atoms with Gasteiger partial charge >= 0.3 is 17.1 Å². The maximum atomic E-state index is 11.4. The number of nitrogens with zero attached hydrogens (tertiary/aromatic N) is 1. The molecule has 0 aliphatic heterocycles. The second-order valence-corrected chi connectivity index (χ2v) is 5.03. The van der Waals surface area contributed by atoms with Crippen LogP contribution in [0.3, 0.4) is 0 Å². The summed E-state index contributed by atoms with van der Waals surface area (Å²) in [6.07, 6.45) is 0. The van der Waals surface area contributed by atoms with Crippen LogP contribution in [0, 0.1) is 0 Å². The van der Waals surface area contributed by atoms with Gasteiger partial charge < -0.3 is 0 Å². The van der Waals surface area contributed by atoms with Crippen molar-refractivity contribution in [1.29, 1.82) is 0 Å². The van der Waals surface area contributed by atoms with Crippen LogP contribution < -0.4 is 22.3 Å². The first kappa shape index (κ1) is 10.4. The second kappa shape index (κ2) is 4.15. The minimum atomic E-state index is -1.22. The first-order valence-electron chi connectivity index (χ1n) is 4.64. The van der Waals surface area contributed by atoms with Gasteiger partial charge in [-0.1, -0.05) is 30.3 Å². The molecular formula is C9H9N3O3Si. The smallest absolute Gasteiger partial charge is 0.277 e. The topological polar surface area (TPSA) is 87.7 Å². The lowest BCUT2D eigenvalue weighted by Crippen LogP contribution is -2.48. The number of aromatic nitrogens is 3. The highest BCUT2D eigenvalue weighted by Gasteiger charge is 2.03. The lowest BCUT2D eigenvalue weighted by Gasteiger charge is -2.01. The molecule has 82 valence electrons. The van der Waals surface area contributed by atoms with Gasteiger partial charge in [-0.2, -0.15) is 0 Å². The molecule has 0 saturated carbocycles. The molecular weight excluding hydrogens is 226 g/mol. The quantitative estimate of drug-likeness (QED) is 0.563. The van der Waals surface area contributed by atoms with Crippen LogP contribution in [0.2, 0.25) is 0 Å². The normalized spacial score (nSPS) is 11.0. The van der Waals surface area contributed by atoms with Crippen molar-refractivity contribution >= 4 is 14.9 Å². The molecule has 1 aromatic heterocycles. The van der Waals surface area contributed by atoms with Gasteiger partial charge in [0.2, 0.25) is 0 Å². The standard InChI is InChI=1S/C9H9N3O3Si/c13-7-10-8(14)12(9(15)11-7)16-6-4-2-1-3-5-6/h1-5H,16H2,(H2,10,11,13,14,15). The van der Waals surface area contributed by atoms with Crippen LogP contribution in [0.4, 0.5) is 0 Å². The van der Waals surface area contributed by atoms with Gasteiger partial charge in [-0.25, -0.2) is 14.4 Å². The summed E-state index contributed by atoms with van der Waals surface area (Å²) in [7, 11) is -1.22. The fourth-order valence-corrected chi connectivity index (χ4v) is 2.66. The van der Waals surface area contributed by atoms with Crippen molar-refractivity contribution in [2.75, 3.05) is 0 Å². The van der Waals surface area contributed by atoms with E-state index in [4.69, 9.17) is 0 Å². The third-order valence-electron chi connectivity index (χ3n) is 2.11. The molecule has 6 nitrogen and oxygen atoms in total. The lowest BCUT2D eigenvalue weighted by atomic mass is 10.4. The maximum absolute atomic E-state index is 11.4. The molecule has 0 spiro atoms. The average Bonchev–Trinajstić information content (AvgIpc) is 2.25. The molecule has 0 aliphatic carbocycles. The fourth-order valence-electron chi connectivity index (χ4n) is 1.36. The van der Waals surface area contributed by atoms with Crippen LogP contribution in [0.25, 0.3) is 0 Å². The highest BCUT2D eigenvalue weighted by Crippen LogP contribution is 1.80. The van der Waals surface area contributed by atoms with Gasteiger partial charge in [0.1, 0.15) is 0 Å². The molecule has 0 bridgehead atoms. The predicted octanol–water partition coefficient (Wildman–Crippen LogP) is -2.52. The summed E-state index contributed by atoms with van der Waals surface area (Å²) in [5, 5.41) is 0.946. The minimum Gasteiger partial charge on any atom is -0.277 e. The molecule has 2 rings (SSSR count). The van der Waals surface area contributed by atoms with Crippen molar-refractivity contribution < 1.29 is 0 Å². The number of H-pyrrole nitrogens is 2. The Hall–Kier alpha value is -2.15. The van der Waals surface area contributed by atoms with Crippen molar-refractivity contribution in [3.8, 4) is 0 Å². The Labute approximate surface area is 91.5 Å². The molecule has 0 aliphatic rings. The molecule has 0 fully saturated rings. The summed E-state index contributed by atoms with van der Waals surface area (Å²) < 4.78 is 1.07. The number of aromatic amines is 2. The number of hydrogen-bond acceptors (Lipinski definition) is 3. The van der Waals surface area contributed by atoms with Crippen LogP contribution in [-0.2, 0) is 0 Å². The lowest BCUT2D eigenvalue weighted by molar-refractivity contribution is 0.837. The van der Waals surface area contributed by atoms with Crippen LogP contribution >= 0.6 is 0 Å². The first-order valence-corrected chi connectivity index (χ1v) is 5.98. The molecule has 16 heavy (non-hydrogen) atoms. The molecule has 1 aromatic carbocycles. The van der Waals surface area contributed by atoms with Crippen molar-refractivity contribution in [3.63, 3.8) is 0 Å². The van der Waals surface area contributed by atoms with Crippen molar-refractivity contribution in [1.82, 2.24) is 14.2 Å². The highest BCUT2D eigenvalue weighted by molar-refractivity contribution is 6.51. The molecule has 1 heterocycles. The maximum Gasteiger partial charge on any atom is 0.330 e. The van der Waals surface area contributed by atoms with Crippen LogP contribution in [-0.4, -0.2) is 23.9 Å². The Bertz CT molecular complexity index is 622. The van der Waals surface area contributed by atoms with E-state index < -0.39 is 26.8 Å². The summed E-state index contributed by atoms with van der Waals surface area (Å²) in [5.74, 6) is 0. The number of hydrogen-bond donors (Lipinski definition) is 2. The SMILES string of the molecule is O=c1[nH]c(=O)n([SiH2]c2ccccc2)c(=O)[nH]1. The van der Waals surface area contributed by atoms with E-state index in [9.17, 15) is 14.4 Å². The zero-order chi connectivity index (χ0) is 11.5. The van der Waals surface area contributed by atoms with E-state index >= 15 is 0 Å². The molecule has 2 N–H and O–H groups in total. The number of benzene rings is 1. The van der Waals surface area contributed by atoms with Crippen LogP contribution in [0.5, 0.6) is 0 Å². The Morgan fingerprint density at radius 1 is 0.938 bits per heavy atom. The molecule has 0 saturated heterocycles. The van der Waals surface area contributed by atoms with Crippen LogP contribution in [0.15, 0.2) is 44.7 Å². The summed E-state index contributed by atoms with van der Waals surface area (Å²) >= 11 is 0. The number of nitrogens with one attached hydrogen (secondary N) is 2. The Kier molecular flexibility index (Phi) is 2.69. The van der Waals surface area contributed by atoms with E-state index in [2.05, 4.69) is 0 Å². The van der Waals surface area contributed by atoms with Crippen molar-refractivity contribution in [2.45, 2.75) is 0 Å². The fraction of sp³-hybridized carbons (Fsp3) is 0. The third-order valence-corrected chi connectivity index (χ3v) is 3.84. The molecule has 7 heteroatoms. The van der Waals surface area contributed by atoms with Gasteiger partial charge in [0.15, 0.2) is 9.68 Å². The van der Waals surface area contributed by atoms with Gasteiger partial charge in [0.25, 0.3) is 0 Å². The number of rotatable bonds is 2. The Balaban J connectivity index is 2.48. The third kappa shape index (κ3) is 2.09. The largest absolute Gasteiger partial charge is 0.330 e. The van der Waals surface area contributed by atoms with Gasteiger partial charge in [-0.15, -0.1) is 0 Å². The molecule has 0 radical (unpaired) electrons. The summed E-state index contributed by atoms with van der Waals surface area (Å²) in [5.41, 5.74) is -2.07. The van der Waals surface area contributed by atoms with E-state index in [-0.39, 0.29) is 0 Å². The van der Waals surface area contributed by atoms with E-state index in [0.717, 1.165) is 9.42 Å². The summed E-state index contributed by atoms with van der Waals surface area (Å²) in [4.78, 5) is 37.6. The summed E-state index contributed by atoms with van der Waals surface area (Å²) in [6, 6.07) is 9.24. The van der Waals surface area contributed by atoms with Gasteiger partial charge in [0, 0.05) is 0 Å². The molecule has 0 amide bonds. The monoisotopic (exact) mass is 235 g/mol. The molecule has 0 unspecified atom stereocenters. The molecule has 0 atom stereocenters. The zero-order valence-electron chi connectivity index (χ0n) is 8.27. The van der Waals surface area contributed by atoms with Crippen molar-refractivity contribution in [2.24, 2.45) is 0 Å². The van der Waals surface area contributed by atoms with E-state index in [1.807, 2.05) is 40.3 Å². The Morgan fingerprint density at radius 2 is 1.50 bits per heavy atom. The predicted molar refractivity (Wildman–Crippen MR) is 62.0 cm³/mol. The first-order chi connectivity index (χ1) is 7.66. The van der Waals surface area contributed by atoms with Gasteiger partial charge in [-0.05, 0) is 5.19 Å². The molecule has 2 aromatic rings. The van der Waals surface area contributed by atoms with Gasteiger partial charge in [0.05, 0.1) is 0 Å². The zero-order valence-corrected chi connectivity index (χ0v) is 9.68. The Morgan fingerprint density at radius 3 is 2.06 bits per heavy atom. The van der Waals surface area contributed by atoms with E-state index in [1.54, 1.807) is 0 Å². The average molecular weight is 235 g/mol. The van der Waals surface area contributed by atoms with Gasteiger partial charge in [-0.3, -0.25) is 14.2 Å². The van der Waals surface area contributed by atoms with Crippen molar-refractivity contribution in [3.05, 3.63) is 61.8 Å². The van der Waals surface area contributed by atoms with E-state index in [1.165, 1.54) is 0 Å². The second-order valence-electron chi connectivity index (χ2n) is 3.26. The summed E-state index contributed by atoms with van der Waals surface area (Å²) in [6.45, 7) is 0. The van der Waals surface area contributed by atoms with Crippen LogP contribution in [0.1, 0.15) is 0 Å².